The molecule has 3 rings (SSSR count). The Balaban J connectivity index is 0.00000280. The molecule has 144 valence electrons. The molecule has 0 saturated carbocycles. The van der Waals surface area contributed by atoms with Crippen molar-refractivity contribution in [3.8, 4) is 5.75 Å². The fourth-order valence-corrected chi connectivity index (χ4v) is 3.56. The zero-order valence-electron chi connectivity index (χ0n) is 16.8. The molecule has 0 bridgehead atoms. The number of halogens is 1. The summed E-state index contributed by atoms with van der Waals surface area (Å²) < 4.78 is 20.2. The van der Waals surface area contributed by atoms with E-state index >= 15 is 0 Å². The maximum Gasteiger partial charge on any atom is 1.00 e. The van der Waals surface area contributed by atoms with Crippen LogP contribution < -0.4 is 44.3 Å². The predicted octanol–water partition coefficient (Wildman–Crippen LogP) is 0.252. The third kappa shape index (κ3) is 5.49. The van der Waals surface area contributed by atoms with Crippen molar-refractivity contribution in [3.63, 3.8) is 0 Å². The van der Waals surface area contributed by atoms with Gasteiger partial charge in [-0.25, -0.2) is 4.39 Å². The summed E-state index contributed by atoms with van der Waals surface area (Å²) in [6.07, 6.45) is 2.11. The first-order valence-electron chi connectivity index (χ1n) is 9.44. The van der Waals surface area contributed by atoms with Gasteiger partial charge in [-0.1, -0.05) is 24.3 Å². The van der Waals surface area contributed by atoms with Gasteiger partial charge in [0.05, 0.1) is 5.69 Å². The zero-order valence-corrected chi connectivity index (χ0v) is 18.8. The minimum absolute atomic E-state index is 0. The summed E-state index contributed by atoms with van der Waals surface area (Å²) in [4.78, 5) is 12.9. The quantitative estimate of drug-likeness (QED) is 0.633. The van der Waals surface area contributed by atoms with Crippen molar-refractivity contribution >= 4 is 11.7 Å². The van der Waals surface area contributed by atoms with Gasteiger partial charge in [-0.15, -0.1) is 0 Å². The van der Waals surface area contributed by atoms with Crippen molar-refractivity contribution in [2.24, 2.45) is 0 Å². The summed E-state index contributed by atoms with van der Waals surface area (Å²) in [7, 11) is 0. The number of ether oxygens (including phenoxy) is 1. The monoisotopic (exact) mass is 393 g/mol. The van der Waals surface area contributed by atoms with Crippen molar-refractivity contribution in [2.75, 3.05) is 11.4 Å². The van der Waals surface area contributed by atoms with E-state index in [1.54, 1.807) is 12.1 Å². The molecule has 1 aliphatic heterocycles. The van der Waals surface area contributed by atoms with Crippen LogP contribution >= 0.6 is 0 Å². The first-order chi connectivity index (χ1) is 13.0. The normalized spacial score (nSPS) is 13.1. The SMILES string of the molecule is CC(C)N1CCCc2cccc(OCc3ccc(CCC(=O)[O-])c(F)c3)c21.[Na+]. The largest absolute Gasteiger partial charge is 1.00 e. The Morgan fingerprint density at radius 3 is 2.75 bits per heavy atom. The fourth-order valence-electron chi connectivity index (χ4n) is 3.56. The van der Waals surface area contributed by atoms with E-state index in [-0.39, 0.29) is 49.0 Å². The Morgan fingerprint density at radius 2 is 2.07 bits per heavy atom. The molecule has 2 aromatic rings. The average Bonchev–Trinajstić information content (AvgIpc) is 2.64. The van der Waals surface area contributed by atoms with Gasteiger partial charge in [-0.2, -0.15) is 0 Å². The van der Waals surface area contributed by atoms with Crippen LogP contribution in [-0.2, 0) is 24.2 Å². The maximum atomic E-state index is 14.2. The molecule has 0 saturated heterocycles. The number of rotatable bonds is 7. The summed E-state index contributed by atoms with van der Waals surface area (Å²) in [6, 6.07) is 11.3. The van der Waals surface area contributed by atoms with Crippen molar-refractivity contribution < 1.29 is 48.6 Å². The molecular weight excluding hydrogens is 368 g/mol. The minimum Gasteiger partial charge on any atom is -0.550 e. The van der Waals surface area contributed by atoms with Crippen molar-refractivity contribution in [1.82, 2.24) is 0 Å². The minimum atomic E-state index is -1.18. The van der Waals surface area contributed by atoms with Gasteiger partial charge >= 0.3 is 29.6 Å². The topological polar surface area (TPSA) is 52.6 Å². The molecule has 0 N–H and O–H groups in total. The Labute approximate surface area is 188 Å². The van der Waals surface area contributed by atoms with Gasteiger partial charge in [0.1, 0.15) is 18.2 Å². The van der Waals surface area contributed by atoms with Crippen LogP contribution in [0.1, 0.15) is 43.4 Å². The van der Waals surface area contributed by atoms with Crippen LogP contribution in [0.15, 0.2) is 36.4 Å². The molecule has 6 heteroatoms. The number of anilines is 1. The Hall–Kier alpha value is -1.56. The van der Waals surface area contributed by atoms with Gasteiger partial charge in [-0.3, -0.25) is 0 Å². The van der Waals surface area contributed by atoms with Gasteiger partial charge < -0.3 is 19.5 Å². The number of aliphatic carboxylic acids is 1. The van der Waals surface area contributed by atoms with E-state index in [0.717, 1.165) is 30.8 Å². The van der Waals surface area contributed by atoms with Crippen molar-refractivity contribution in [1.29, 1.82) is 0 Å². The summed E-state index contributed by atoms with van der Waals surface area (Å²) in [5.41, 5.74) is 3.53. The molecule has 0 aliphatic carbocycles. The van der Waals surface area contributed by atoms with E-state index in [9.17, 15) is 14.3 Å². The second-order valence-electron chi connectivity index (χ2n) is 7.24. The number of carboxylic acid groups (broad SMARTS) is 1. The van der Waals surface area contributed by atoms with Crippen LogP contribution in [-0.4, -0.2) is 18.6 Å². The van der Waals surface area contributed by atoms with E-state index in [4.69, 9.17) is 4.74 Å². The molecule has 1 aliphatic rings. The van der Waals surface area contributed by atoms with Crippen molar-refractivity contribution in [2.45, 2.75) is 52.2 Å². The molecule has 0 aromatic heterocycles. The third-order valence-electron chi connectivity index (χ3n) is 4.95. The number of para-hydroxylation sites is 1. The van der Waals surface area contributed by atoms with Crippen molar-refractivity contribution in [3.05, 3.63) is 58.9 Å². The molecule has 0 amide bonds. The van der Waals surface area contributed by atoms with Gasteiger partial charge in [0.2, 0.25) is 0 Å². The molecule has 0 spiro atoms. The molecule has 2 aromatic carbocycles. The number of nitrogens with zero attached hydrogens (tertiary/aromatic N) is 1. The van der Waals surface area contributed by atoms with E-state index in [0.29, 0.717) is 17.2 Å². The molecule has 4 nitrogen and oxygen atoms in total. The number of hydrogen-bond donors (Lipinski definition) is 0. The fraction of sp³-hybridized carbons (Fsp3) is 0.409. The summed E-state index contributed by atoms with van der Waals surface area (Å²) in [6.45, 7) is 5.62. The Kier molecular flexibility index (Phi) is 8.35. The van der Waals surface area contributed by atoms with Crippen LogP contribution in [0.4, 0.5) is 10.1 Å². The molecule has 28 heavy (non-hydrogen) atoms. The van der Waals surface area contributed by atoms with Crippen LogP contribution in [0, 0.1) is 5.82 Å². The number of fused-ring (bicyclic) bond motifs is 1. The number of carboxylic acids is 1. The molecule has 0 fully saturated rings. The van der Waals surface area contributed by atoms with Crippen LogP contribution in [0.3, 0.4) is 0 Å². The van der Waals surface area contributed by atoms with E-state index in [1.807, 2.05) is 12.1 Å². The van der Waals surface area contributed by atoms with Crippen LogP contribution in [0.5, 0.6) is 5.75 Å². The van der Waals surface area contributed by atoms with Gasteiger partial charge in [0.25, 0.3) is 0 Å². The van der Waals surface area contributed by atoms with Gasteiger partial charge in [0, 0.05) is 18.6 Å². The number of carbonyl (C=O) groups excluding carboxylic acids is 1. The van der Waals surface area contributed by atoms with E-state index < -0.39 is 11.8 Å². The van der Waals surface area contributed by atoms with Gasteiger partial charge in [0.15, 0.2) is 0 Å². The third-order valence-corrected chi connectivity index (χ3v) is 4.95. The summed E-state index contributed by atoms with van der Waals surface area (Å²) >= 11 is 0. The van der Waals surface area contributed by atoms with E-state index in [2.05, 4.69) is 24.8 Å². The van der Waals surface area contributed by atoms with Crippen LogP contribution in [0.2, 0.25) is 0 Å². The smallest absolute Gasteiger partial charge is 0.550 e. The summed E-state index contributed by atoms with van der Waals surface area (Å²) in [5.74, 6) is -0.760. The second-order valence-corrected chi connectivity index (χ2v) is 7.24. The number of benzene rings is 2. The molecule has 0 unspecified atom stereocenters. The second kappa shape index (κ2) is 10.3. The van der Waals surface area contributed by atoms with Crippen LogP contribution in [0.25, 0.3) is 0 Å². The molecule has 0 atom stereocenters. The average molecular weight is 393 g/mol. The van der Waals surface area contributed by atoms with Gasteiger partial charge in [-0.05, 0) is 68.4 Å². The van der Waals surface area contributed by atoms with E-state index in [1.165, 1.54) is 11.6 Å². The molecule has 1 heterocycles. The number of carbonyl (C=O) groups is 1. The Bertz CT molecular complexity index is 825. The maximum absolute atomic E-state index is 14.2. The predicted molar refractivity (Wildman–Crippen MR) is 101 cm³/mol. The Morgan fingerprint density at radius 1 is 1.29 bits per heavy atom. The first-order valence-corrected chi connectivity index (χ1v) is 9.44. The standard InChI is InChI=1S/C22H26FNO3.Na/c1-15(2)24-12-4-6-18-5-3-7-20(22(18)24)27-14-16-8-9-17(19(23)13-16)10-11-21(25)26;/h3,5,7-9,13,15H,4,6,10-12,14H2,1-2H3,(H,25,26);/q;+1/p-1. The zero-order chi connectivity index (χ0) is 19.4. The first kappa shape index (κ1) is 22.7. The molecule has 0 radical (unpaired) electrons. The number of hydrogen-bond acceptors (Lipinski definition) is 4. The molecular formula is C22H25FNNaO3. The number of aryl methyl sites for hydroxylation is 2. The summed E-state index contributed by atoms with van der Waals surface area (Å²) in [5, 5.41) is 10.5.